The van der Waals surface area contributed by atoms with Crippen molar-refractivity contribution in [3.8, 4) is 11.5 Å². The molecule has 2 saturated heterocycles. The number of hydrogen-bond acceptors (Lipinski definition) is 10. The van der Waals surface area contributed by atoms with Crippen LogP contribution in [0, 0.1) is 11.6 Å². The van der Waals surface area contributed by atoms with Crippen LogP contribution >= 0.6 is 0 Å². The molecule has 4 aromatic rings. The molecule has 2 fully saturated rings. The molecule has 4 aliphatic heterocycles. The van der Waals surface area contributed by atoms with E-state index in [0.29, 0.717) is 60.1 Å². The lowest BCUT2D eigenvalue weighted by Crippen LogP contribution is -2.45. The normalized spacial score (nSPS) is 19.9. The van der Waals surface area contributed by atoms with Gasteiger partial charge in [-0.25, -0.2) is 18.4 Å². The number of halogens is 2. The number of hydrogen-bond donors (Lipinski definition) is 2. The molecule has 4 aliphatic rings. The van der Waals surface area contributed by atoms with E-state index in [2.05, 4.69) is 9.80 Å². The molecular weight excluding hydrogens is 698 g/mol. The first-order chi connectivity index (χ1) is 24.8. The molecule has 0 radical (unpaired) electrons. The van der Waals surface area contributed by atoms with Crippen molar-refractivity contribution in [2.75, 3.05) is 89.5 Å². The van der Waals surface area contributed by atoms with Crippen LogP contribution in [-0.2, 0) is 0 Å². The van der Waals surface area contributed by atoms with Crippen LogP contribution in [0.1, 0.15) is 46.6 Å². The molecule has 15 nitrogen and oxygen atoms in total. The molecule has 0 unspecified atom stereocenters. The molecule has 0 spiro atoms. The van der Waals surface area contributed by atoms with E-state index < -0.39 is 34.4 Å². The Morgan fingerprint density at radius 1 is 0.660 bits per heavy atom. The summed E-state index contributed by atoms with van der Waals surface area (Å²) in [6, 6.07) is 1.99. The molecule has 0 aliphatic carbocycles. The number of piperazine rings is 2. The molecule has 53 heavy (non-hydrogen) atoms. The second kappa shape index (κ2) is 14.3. The average Bonchev–Trinajstić information content (AvgIpc) is 3.10. The van der Waals surface area contributed by atoms with Crippen molar-refractivity contribution < 1.29 is 43.5 Å². The van der Waals surface area contributed by atoms with Gasteiger partial charge in [-0.2, -0.15) is 0 Å². The van der Waals surface area contributed by atoms with Gasteiger partial charge in [-0.15, -0.1) is 0 Å². The summed E-state index contributed by atoms with van der Waals surface area (Å²) in [5.41, 5.74) is -0.448. The summed E-state index contributed by atoms with van der Waals surface area (Å²) in [5.74, 6) is -3.09. The number of carboxylic acid groups (broad SMARTS) is 2. The lowest BCUT2D eigenvalue weighted by molar-refractivity contribution is 0.0683. The van der Waals surface area contributed by atoms with Crippen LogP contribution in [-0.4, -0.2) is 126 Å². The van der Waals surface area contributed by atoms with Crippen molar-refractivity contribution in [3.63, 3.8) is 0 Å². The van der Waals surface area contributed by atoms with Crippen LogP contribution in [0.4, 0.5) is 20.2 Å². The number of ether oxygens (including phenoxy) is 2. The van der Waals surface area contributed by atoms with Gasteiger partial charge in [-0.1, -0.05) is 0 Å². The van der Waals surface area contributed by atoms with Gasteiger partial charge in [0.05, 0.1) is 33.9 Å². The predicted molar refractivity (Wildman–Crippen MR) is 194 cm³/mol. The van der Waals surface area contributed by atoms with Crippen molar-refractivity contribution in [2.24, 2.45) is 0 Å². The van der Waals surface area contributed by atoms with Gasteiger partial charge in [0.25, 0.3) is 0 Å². The summed E-state index contributed by atoms with van der Waals surface area (Å²) in [6.07, 6.45) is 2.69. The first kappa shape index (κ1) is 37.5. The highest BCUT2D eigenvalue weighted by molar-refractivity contribution is 5.98. The Balaban J connectivity index is 0.000000178. The number of carbonyl (C=O) groups is 2. The predicted octanol–water partition coefficient (Wildman–Crippen LogP) is 2.26. The number of rotatable bonds is 4. The molecule has 4 N–H and O–H groups in total. The average molecular weight is 741 g/mol. The molecular formula is C36H42F2N6O9. The third-order valence-corrected chi connectivity index (χ3v) is 10.4. The van der Waals surface area contributed by atoms with Gasteiger partial charge in [0.1, 0.15) is 35.7 Å². The highest BCUT2D eigenvalue weighted by atomic mass is 19.1. The van der Waals surface area contributed by atoms with Crippen molar-refractivity contribution in [1.82, 2.24) is 18.9 Å². The van der Waals surface area contributed by atoms with Crippen LogP contribution in [0.2, 0.25) is 0 Å². The maximum absolute atomic E-state index is 15.0. The zero-order valence-electron chi connectivity index (χ0n) is 29.8. The van der Waals surface area contributed by atoms with Crippen LogP contribution in [0.25, 0.3) is 21.8 Å². The number of aromatic carboxylic acids is 2. The third kappa shape index (κ3) is 6.42. The van der Waals surface area contributed by atoms with E-state index >= 15 is 0 Å². The van der Waals surface area contributed by atoms with Gasteiger partial charge >= 0.3 is 11.9 Å². The van der Waals surface area contributed by atoms with Crippen LogP contribution in [0.15, 0.2) is 34.1 Å². The van der Waals surface area contributed by atoms with E-state index in [1.807, 2.05) is 37.7 Å². The first-order valence-electron chi connectivity index (χ1n) is 17.2. The minimum absolute atomic E-state index is 0. The maximum atomic E-state index is 15.0. The summed E-state index contributed by atoms with van der Waals surface area (Å²) in [5, 5.41) is 18.7. The number of benzene rings is 2. The van der Waals surface area contributed by atoms with Crippen molar-refractivity contribution in [2.45, 2.75) is 25.9 Å². The lowest BCUT2D eigenvalue weighted by Gasteiger charge is -2.37. The topological polar surface area (TPSA) is 182 Å². The Hall–Kier alpha value is -5.26. The van der Waals surface area contributed by atoms with Gasteiger partial charge in [0.15, 0.2) is 23.1 Å². The Kier molecular flexibility index (Phi) is 10.1. The van der Waals surface area contributed by atoms with Gasteiger partial charge in [0, 0.05) is 64.8 Å². The fourth-order valence-corrected chi connectivity index (χ4v) is 7.38. The van der Waals surface area contributed by atoms with E-state index in [9.17, 15) is 38.2 Å². The molecule has 17 heteroatoms. The number of carboxylic acids is 2. The molecule has 2 atom stereocenters. The summed E-state index contributed by atoms with van der Waals surface area (Å²) in [6.45, 7) is 10.2. The zero-order valence-corrected chi connectivity index (χ0v) is 29.8. The second-order valence-electron chi connectivity index (χ2n) is 13.9. The third-order valence-electron chi connectivity index (χ3n) is 10.4. The minimum atomic E-state index is -1.32. The highest BCUT2D eigenvalue weighted by Gasteiger charge is 2.33. The SMILES string of the molecule is C[C@H]1COc2c(N3CCN(C)CC3)c(F)cc3c(=O)c(C(=O)O)cn1c23.C[C@H]1COc2c(N3CCN(C)CC3)c(F)cc3c(=O)c(C(=O)O)cn1c23.O. The number of likely N-dealkylation sites (N-methyl/N-ethyl adjacent to an activating group) is 2. The lowest BCUT2D eigenvalue weighted by atomic mass is 10.1. The van der Waals surface area contributed by atoms with Gasteiger partial charge in [0.2, 0.25) is 10.9 Å². The van der Waals surface area contributed by atoms with Gasteiger partial charge < -0.3 is 53.9 Å². The number of nitrogens with zero attached hydrogens (tertiary/aromatic N) is 6. The quantitative estimate of drug-likeness (QED) is 0.312. The molecule has 6 heterocycles. The standard InChI is InChI=1S/2C18H20FN3O4.H2O/c2*1-10-9-26-17-14-11(16(23)12(18(24)25)8-22(10)14)7-13(19)15(17)21-5-3-20(2)4-6-21;/h2*7-8,10H,3-6,9H2,1-2H3,(H,24,25);1H2/t2*10-;/m00./s1. The smallest absolute Gasteiger partial charge is 0.341 e. The zero-order chi connectivity index (χ0) is 37.2. The van der Waals surface area contributed by atoms with Crippen LogP contribution < -0.4 is 30.1 Å². The first-order valence-corrected chi connectivity index (χ1v) is 17.2. The summed E-state index contributed by atoms with van der Waals surface area (Å²) >= 11 is 0. The van der Waals surface area contributed by atoms with E-state index in [1.165, 1.54) is 12.4 Å². The molecule has 0 bridgehead atoms. The fourth-order valence-electron chi connectivity index (χ4n) is 7.38. The van der Waals surface area contributed by atoms with Crippen molar-refractivity contribution >= 4 is 45.1 Å². The van der Waals surface area contributed by atoms with Crippen LogP contribution in [0.5, 0.6) is 11.5 Å². The second-order valence-corrected chi connectivity index (χ2v) is 13.9. The number of aromatic nitrogens is 2. The molecule has 2 aromatic carbocycles. The van der Waals surface area contributed by atoms with Crippen LogP contribution in [0.3, 0.4) is 0 Å². The maximum Gasteiger partial charge on any atom is 0.341 e. The van der Waals surface area contributed by atoms with Gasteiger partial charge in [-0.3, -0.25) is 9.59 Å². The summed E-state index contributed by atoms with van der Waals surface area (Å²) < 4.78 is 45.1. The highest BCUT2D eigenvalue weighted by Crippen LogP contribution is 2.43. The molecule has 8 rings (SSSR count). The van der Waals surface area contributed by atoms with Gasteiger partial charge in [-0.05, 0) is 40.1 Å². The minimum Gasteiger partial charge on any atom is -0.487 e. The van der Waals surface area contributed by atoms with Crippen molar-refractivity contribution in [1.29, 1.82) is 0 Å². The summed E-state index contributed by atoms with van der Waals surface area (Å²) in [4.78, 5) is 56.2. The Bertz CT molecular complexity index is 2090. The molecule has 284 valence electrons. The molecule has 0 amide bonds. The Morgan fingerprint density at radius 3 is 1.32 bits per heavy atom. The fraction of sp³-hybridized carbons (Fsp3) is 0.444. The Morgan fingerprint density at radius 2 is 1.00 bits per heavy atom. The molecule has 2 aromatic heterocycles. The van der Waals surface area contributed by atoms with E-state index in [-0.39, 0.29) is 52.7 Å². The Labute approximate surface area is 302 Å². The summed E-state index contributed by atoms with van der Waals surface area (Å²) in [7, 11) is 4.03. The largest absolute Gasteiger partial charge is 0.487 e. The monoisotopic (exact) mass is 740 g/mol. The number of pyridine rings is 2. The van der Waals surface area contributed by atoms with E-state index in [4.69, 9.17) is 9.47 Å². The molecule has 0 saturated carbocycles. The number of anilines is 2. The van der Waals surface area contributed by atoms with Crippen molar-refractivity contribution in [3.05, 3.63) is 67.7 Å². The van der Waals surface area contributed by atoms with E-state index in [1.54, 1.807) is 9.13 Å². The van der Waals surface area contributed by atoms with E-state index in [0.717, 1.165) is 38.3 Å².